The molecule has 4 nitrogen and oxygen atoms in total. The van der Waals surface area contributed by atoms with Crippen LogP contribution in [0, 0.1) is 0 Å². The van der Waals surface area contributed by atoms with Gasteiger partial charge in [0, 0.05) is 5.69 Å². The number of thioether (sulfide) groups is 1. The van der Waals surface area contributed by atoms with Crippen molar-refractivity contribution in [3.05, 3.63) is 36.0 Å². The van der Waals surface area contributed by atoms with Crippen LogP contribution in [-0.4, -0.2) is 16.6 Å². The van der Waals surface area contributed by atoms with Gasteiger partial charge in [0.05, 0.1) is 16.2 Å². The molecule has 0 radical (unpaired) electrons. The van der Waals surface area contributed by atoms with Gasteiger partial charge in [0.2, 0.25) is 5.91 Å². The number of anilines is 2. The SMILES string of the molecule is CCCc1ccc(NC(=O)CSc2cnc(N)s2)cc1. The molecule has 0 spiro atoms. The average molecular weight is 307 g/mol. The van der Waals surface area contributed by atoms with E-state index in [1.807, 2.05) is 12.1 Å². The second kappa shape index (κ2) is 7.31. The third-order valence-corrected chi connectivity index (χ3v) is 4.65. The first kappa shape index (κ1) is 14.9. The summed E-state index contributed by atoms with van der Waals surface area (Å²) in [6.45, 7) is 2.15. The van der Waals surface area contributed by atoms with Crippen molar-refractivity contribution in [3.63, 3.8) is 0 Å². The van der Waals surface area contributed by atoms with Gasteiger partial charge in [-0.05, 0) is 24.1 Å². The molecule has 3 N–H and O–H groups in total. The second-order valence-corrected chi connectivity index (χ2v) is 6.64. The van der Waals surface area contributed by atoms with E-state index >= 15 is 0 Å². The number of nitrogens with two attached hydrogens (primary N) is 1. The number of benzene rings is 1. The van der Waals surface area contributed by atoms with Crippen molar-refractivity contribution >= 4 is 39.8 Å². The molecule has 20 heavy (non-hydrogen) atoms. The first-order valence-electron chi connectivity index (χ1n) is 6.40. The Hall–Kier alpha value is -1.53. The van der Waals surface area contributed by atoms with E-state index in [2.05, 4.69) is 29.4 Å². The highest BCUT2D eigenvalue weighted by atomic mass is 32.2. The molecule has 106 valence electrons. The van der Waals surface area contributed by atoms with Crippen molar-refractivity contribution in [2.45, 2.75) is 24.0 Å². The minimum absolute atomic E-state index is 0.0230. The molecular formula is C14H17N3OS2. The lowest BCUT2D eigenvalue weighted by Crippen LogP contribution is -2.13. The van der Waals surface area contributed by atoms with Crippen LogP contribution in [0.4, 0.5) is 10.8 Å². The van der Waals surface area contributed by atoms with E-state index in [1.165, 1.54) is 28.7 Å². The largest absolute Gasteiger partial charge is 0.375 e. The molecule has 1 aromatic heterocycles. The molecule has 0 unspecified atom stereocenters. The zero-order valence-corrected chi connectivity index (χ0v) is 12.9. The number of nitrogens with one attached hydrogen (secondary N) is 1. The lowest BCUT2D eigenvalue weighted by molar-refractivity contribution is -0.113. The molecule has 6 heteroatoms. The Bertz CT molecular complexity index is 566. The fourth-order valence-electron chi connectivity index (χ4n) is 1.72. The van der Waals surface area contributed by atoms with E-state index < -0.39 is 0 Å². The number of nitrogens with zero attached hydrogens (tertiary/aromatic N) is 1. The first-order chi connectivity index (χ1) is 9.67. The maximum absolute atomic E-state index is 11.8. The Labute approximate surface area is 126 Å². The molecule has 0 atom stereocenters. The summed E-state index contributed by atoms with van der Waals surface area (Å²) >= 11 is 2.84. The monoisotopic (exact) mass is 307 g/mol. The van der Waals surface area contributed by atoms with Crippen LogP contribution in [0.3, 0.4) is 0 Å². The fraction of sp³-hybridized carbons (Fsp3) is 0.286. The lowest BCUT2D eigenvalue weighted by atomic mass is 10.1. The van der Waals surface area contributed by atoms with E-state index in [1.54, 1.807) is 6.20 Å². The number of rotatable bonds is 6. The van der Waals surface area contributed by atoms with Gasteiger partial charge >= 0.3 is 0 Å². The quantitative estimate of drug-likeness (QED) is 0.803. The minimum atomic E-state index is -0.0230. The number of thiazole rings is 1. The van der Waals surface area contributed by atoms with Crippen molar-refractivity contribution < 1.29 is 4.79 Å². The van der Waals surface area contributed by atoms with Gasteiger partial charge in [0.1, 0.15) is 0 Å². The number of hydrogen-bond acceptors (Lipinski definition) is 5. The molecule has 0 saturated carbocycles. The van der Waals surface area contributed by atoms with Gasteiger partial charge in [-0.3, -0.25) is 4.79 Å². The molecule has 0 aliphatic carbocycles. The predicted octanol–water partition coefficient (Wildman–Crippen LogP) is 3.41. The van der Waals surface area contributed by atoms with Crippen LogP contribution in [0.5, 0.6) is 0 Å². The molecule has 1 amide bonds. The normalized spacial score (nSPS) is 10.4. The molecule has 0 bridgehead atoms. The highest BCUT2D eigenvalue weighted by Crippen LogP contribution is 2.26. The first-order valence-corrected chi connectivity index (χ1v) is 8.20. The number of aryl methyl sites for hydroxylation is 1. The van der Waals surface area contributed by atoms with E-state index in [0.717, 1.165) is 22.7 Å². The van der Waals surface area contributed by atoms with Crippen LogP contribution >= 0.6 is 23.1 Å². The van der Waals surface area contributed by atoms with E-state index in [4.69, 9.17) is 5.73 Å². The molecule has 1 aromatic carbocycles. The highest BCUT2D eigenvalue weighted by Gasteiger charge is 2.06. The molecule has 0 aliphatic heterocycles. The lowest BCUT2D eigenvalue weighted by Gasteiger charge is -2.05. The smallest absolute Gasteiger partial charge is 0.234 e. The number of amides is 1. The van der Waals surface area contributed by atoms with Crippen molar-refractivity contribution in [3.8, 4) is 0 Å². The Balaban J connectivity index is 1.81. The van der Waals surface area contributed by atoms with Gasteiger partial charge in [-0.15, -0.1) is 11.8 Å². The van der Waals surface area contributed by atoms with Gasteiger partial charge in [0.15, 0.2) is 5.13 Å². The summed E-state index contributed by atoms with van der Waals surface area (Å²) in [5.41, 5.74) is 7.67. The fourth-order valence-corrected chi connectivity index (χ4v) is 3.27. The third kappa shape index (κ3) is 4.54. The Morgan fingerprint density at radius 2 is 2.15 bits per heavy atom. The summed E-state index contributed by atoms with van der Waals surface area (Å²) < 4.78 is 0.955. The van der Waals surface area contributed by atoms with Crippen molar-refractivity contribution in [2.24, 2.45) is 0 Å². The van der Waals surface area contributed by atoms with Gasteiger partial charge in [0.25, 0.3) is 0 Å². The zero-order chi connectivity index (χ0) is 14.4. The summed E-state index contributed by atoms with van der Waals surface area (Å²) in [7, 11) is 0. The summed E-state index contributed by atoms with van der Waals surface area (Å²) in [6.07, 6.45) is 3.88. The minimum Gasteiger partial charge on any atom is -0.375 e. The van der Waals surface area contributed by atoms with Crippen molar-refractivity contribution in [1.29, 1.82) is 0 Å². The van der Waals surface area contributed by atoms with Crippen LogP contribution in [-0.2, 0) is 11.2 Å². The molecule has 2 rings (SSSR count). The molecule has 2 aromatic rings. The van der Waals surface area contributed by atoms with E-state index in [9.17, 15) is 4.79 Å². The maximum atomic E-state index is 11.8. The Morgan fingerprint density at radius 3 is 2.75 bits per heavy atom. The summed E-state index contributed by atoms with van der Waals surface area (Å²) in [5, 5.41) is 3.41. The highest BCUT2D eigenvalue weighted by molar-refractivity contribution is 8.01. The topological polar surface area (TPSA) is 68.0 Å². The zero-order valence-electron chi connectivity index (χ0n) is 11.3. The van der Waals surface area contributed by atoms with E-state index in [0.29, 0.717) is 10.9 Å². The van der Waals surface area contributed by atoms with Gasteiger partial charge in [-0.2, -0.15) is 0 Å². The second-order valence-electron chi connectivity index (χ2n) is 4.30. The number of nitrogen functional groups attached to an aromatic ring is 1. The van der Waals surface area contributed by atoms with Gasteiger partial charge in [-0.1, -0.05) is 36.8 Å². The maximum Gasteiger partial charge on any atom is 0.234 e. The molecule has 0 aliphatic rings. The average Bonchev–Trinajstić information content (AvgIpc) is 2.85. The number of carbonyl (C=O) groups is 1. The van der Waals surface area contributed by atoms with Crippen LogP contribution in [0.25, 0.3) is 0 Å². The van der Waals surface area contributed by atoms with Gasteiger partial charge < -0.3 is 11.1 Å². The van der Waals surface area contributed by atoms with Crippen molar-refractivity contribution in [1.82, 2.24) is 4.98 Å². The molecule has 1 heterocycles. The predicted molar refractivity (Wildman–Crippen MR) is 86.3 cm³/mol. The van der Waals surface area contributed by atoms with Crippen LogP contribution in [0.15, 0.2) is 34.7 Å². The summed E-state index contributed by atoms with van der Waals surface area (Å²) in [5.74, 6) is 0.337. The van der Waals surface area contributed by atoms with Crippen LogP contribution < -0.4 is 11.1 Å². The third-order valence-electron chi connectivity index (χ3n) is 2.62. The van der Waals surface area contributed by atoms with Crippen LogP contribution in [0.2, 0.25) is 0 Å². The molecule has 0 fully saturated rings. The Kier molecular flexibility index (Phi) is 5.43. The Morgan fingerprint density at radius 1 is 1.40 bits per heavy atom. The number of aromatic nitrogens is 1. The van der Waals surface area contributed by atoms with Crippen molar-refractivity contribution in [2.75, 3.05) is 16.8 Å². The summed E-state index contributed by atoms with van der Waals surface area (Å²) in [6, 6.07) is 7.99. The van der Waals surface area contributed by atoms with Gasteiger partial charge in [-0.25, -0.2) is 4.98 Å². The number of carbonyl (C=O) groups excluding carboxylic acids is 1. The molecular weight excluding hydrogens is 290 g/mol. The molecule has 0 saturated heterocycles. The van der Waals surface area contributed by atoms with E-state index in [-0.39, 0.29) is 5.91 Å². The number of hydrogen-bond donors (Lipinski definition) is 2. The van der Waals surface area contributed by atoms with Crippen LogP contribution in [0.1, 0.15) is 18.9 Å². The summed E-state index contributed by atoms with van der Waals surface area (Å²) in [4.78, 5) is 15.8. The standard InChI is InChI=1S/C14H17N3OS2/c1-2-3-10-4-6-11(7-5-10)17-12(18)9-19-13-8-16-14(15)20-13/h4-8H,2-3,9H2,1H3,(H2,15,16)(H,17,18).